The standard InChI is InChI=1S/C14H19BrN4/c1-2-19-14(16-12-17-19)11-18(9-8-15)10-13-6-4-3-5-7-13/h3-7,12H,2,8-11H2,1H3. The molecule has 19 heavy (non-hydrogen) atoms. The minimum atomic E-state index is 0.828. The van der Waals surface area contributed by atoms with E-state index in [4.69, 9.17) is 0 Å². The van der Waals surface area contributed by atoms with Crippen molar-refractivity contribution in [1.29, 1.82) is 0 Å². The van der Waals surface area contributed by atoms with Gasteiger partial charge in [0.05, 0.1) is 6.54 Å². The number of rotatable bonds is 7. The van der Waals surface area contributed by atoms with Crippen molar-refractivity contribution in [2.45, 2.75) is 26.6 Å². The quantitative estimate of drug-likeness (QED) is 0.735. The van der Waals surface area contributed by atoms with Crippen LogP contribution in [0.25, 0.3) is 0 Å². The van der Waals surface area contributed by atoms with E-state index < -0.39 is 0 Å². The molecular weight excluding hydrogens is 304 g/mol. The fraction of sp³-hybridized carbons (Fsp3) is 0.429. The van der Waals surface area contributed by atoms with Crippen molar-refractivity contribution < 1.29 is 0 Å². The van der Waals surface area contributed by atoms with Gasteiger partial charge in [-0.3, -0.25) is 4.90 Å². The summed E-state index contributed by atoms with van der Waals surface area (Å²) in [6.07, 6.45) is 1.63. The predicted molar refractivity (Wildman–Crippen MR) is 80.0 cm³/mol. The molecule has 0 atom stereocenters. The second kappa shape index (κ2) is 7.40. The average molecular weight is 323 g/mol. The molecule has 0 radical (unpaired) electrons. The maximum atomic E-state index is 4.35. The zero-order chi connectivity index (χ0) is 13.5. The normalized spacial score (nSPS) is 11.1. The molecule has 0 fully saturated rings. The Bertz CT molecular complexity index is 483. The van der Waals surface area contributed by atoms with E-state index in [0.29, 0.717) is 0 Å². The van der Waals surface area contributed by atoms with Gasteiger partial charge in [0.2, 0.25) is 0 Å². The Morgan fingerprint density at radius 2 is 2.00 bits per heavy atom. The van der Waals surface area contributed by atoms with Gasteiger partial charge >= 0.3 is 0 Å². The van der Waals surface area contributed by atoms with E-state index in [1.54, 1.807) is 6.33 Å². The molecule has 0 amide bonds. The lowest BCUT2D eigenvalue weighted by atomic mass is 10.2. The molecule has 2 rings (SSSR count). The topological polar surface area (TPSA) is 34.0 Å². The molecule has 0 N–H and O–H groups in total. The van der Waals surface area contributed by atoms with Crippen molar-refractivity contribution in [3.63, 3.8) is 0 Å². The van der Waals surface area contributed by atoms with Crippen LogP contribution in [0.2, 0.25) is 0 Å². The molecule has 0 saturated carbocycles. The fourth-order valence-corrected chi connectivity index (χ4v) is 2.55. The Labute approximate surface area is 122 Å². The van der Waals surface area contributed by atoms with Crippen molar-refractivity contribution in [1.82, 2.24) is 19.7 Å². The van der Waals surface area contributed by atoms with Crippen LogP contribution in [0, 0.1) is 0 Å². The van der Waals surface area contributed by atoms with Crippen molar-refractivity contribution in [3.8, 4) is 0 Å². The van der Waals surface area contributed by atoms with Crippen LogP contribution < -0.4 is 0 Å². The maximum absolute atomic E-state index is 4.35. The van der Waals surface area contributed by atoms with E-state index in [1.165, 1.54) is 5.56 Å². The van der Waals surface area contributed by atoms with Crippen LogP contribution in [0.15, 0.2) is 36.7 Å². The second-order valence-electron chi connectivity index (χ2n) is 4.38. The van der Waals surface area contributed by atoms with Crippen molar-refractivity contribution >= 4 is 15.9 Å². The molecular formula is C14H19BrN4. The first-order valence-corrected chi connectivity index (χ1v) is 7.64. The number of hydrogen-bond donors (Lipinski definition) is 0. The van der Waals surface area contributed by atoms with Gasteiger partial charge in [-0.1, -0.05) is 46.3 Å². The van der Waals surface area contributed by atoms with Gasteiger partial charge < -0.3 is 0 Å². The van der Waals surface area contributed by atoms with Crippen LogP contribution in [-0.4, -0.2) is 31.5 Å². The molecule has 4 nitrogen and oxygen atoms in total. The predicted octanol–water partition coefficient (Wildman–Crippen LogP) is 2.70. The van der Waals surface area contributed by atoms with Gasteiger partial charge in [-0.2, -0.15) is 5.10 Å². The minimum Gasteiger partial charge on any atom is -0.291 e. The molecule has 0 spiro atoms. The summed E-state index contributed by atoms with van der Waals surface area (Å²) < 4.78 is 1.95. The lowest BCUT2D eigenvalue weighted by molar-refractivity contribution is 0.262. The highest BCUT2D eigenvalue weighted by molar-refractivity contribution is 9.09. The van der Waals surface area contributed by atoms with Gasteiger partial charge in [-0.05, 0) is 12.5 Å². The summed E-state index contributed by atoms with van der Waals surface area (Å²) in [5.74, 6) is 1.03. The van der Waals surface area contributed by atoms with Crippen molar-refractivity contribution in [2.75, 3.05) is 11.9 Å². The number of aryl methyl sites for hydroxylation is 1. The van der Waals surface area contributed by atoms with Crippen LogP contribution in [-0.2, 0) is 19.6 Å². The second-order valence-corrected chi connectivity index (χ2v) is 5.17. The number of alkyl halides is 1. The summed E-state index contributed by atoms with van der Waals surface area (Å²) in [5, 5.41) is 5.18. The molecule has 0 aliphatic rings. The zero-order valence-corrected chi connectivity index (χ0v) is 12.8. The smallest absolute Gasteiger partial charge is 0.141 e. The van der Waals surface area contributed by atoms with E-state index in [-0.39, 0.29) is 0 Å². The monoisotopic (exact) mass is 322 g/mol. The average Bonchev–Trinajstić information content (AvgIpc) is 2.87. The maximum Gasteiger partial charge on any atom is 0.141 e. The van der Waals surface area contributed by atoms with E-state index in [1.807, 2.05) is 10.7 Å². The van der Waals surface area contributed by atoms with E-state index in [2.05, 4.69) is 62.1 Å². The van der Waals surface area contributed by atoms with Crippen LogP contribution in [0.3, 0.4) is 0 Å². The number of benzene rings is 1. The van der Waals surface area contributed by atoms with E-state index >= 15 is 0 Å². The van der Waals surface area contributed by atoms with Crippen LogP contribution in [0.5, 0.6) is 0 Å². The molecule has 0 aliphatic carbocycles. The Morgan fingerprint density at radius 3 is 2.68 bits per heavy atom. The van der Waals surface area contributed by atoms with Gasteiger partial charge in [0.1, 0.15) is 12.2 Å². The summed E-state index contributed by atoms with van der Waals surface area (Å²) in [7, 11) is 0. The number of aromatic nitrogens is 3. The summed E-state index contributed by atoms with van der Waals surface area (Å²) >= 11 is 3.52. The Kier molecular flexibility index (Phi) is 5.54. The van der Waals surface area contributed by atoms with Gasteiger partial charge in [0.15, 0.2) is 0 Å². The Balaban J connectivity index is 2.04. The van der Waals surface area contributed by atoms with Gasteiger partial charge in [0, 0.05) is 25.0 Å². The Morgan fingerprint density at radius 1 is 1.21 bits per heavy atom. The third-order valence-electron chi connectivity index (χ3n) is 3.01. The zero-order valence-electron chi connectivity index (χ0n) is 11.2. The molecule has 2 aromatic rings. The minimum absolute atomic E-state index is 0.828. The van der Waals surface area contributed by atoms with Crippen molar-refractivity contribution in [3.05, 3.63) is 48.0 Å². The largest absolute Gasteiger partial charge is 0.291 e. The fourth-order valence-electron chi connectivity index (χ4n) is 2.05. The molecule has 0 saturated heterocycles. The van der Waals surface area contributed by atoms with Gasteiger partial charge in [0.25, 0.3) is 0 Å². The summed E-state index contributed by atoms with van der Waals surface area (Å²) in [5.41, 5.74) is 1.33. The lowest BCUT2D eigenvalue weighted by Crippen LogP contribution is -2.26. The highest BCUT2D eigenvalue weighted by Crippen LogP contribution is 2.08. The lowest BCUT2D eigenvalue weighted by Gasteiger charge is -2.21. The van der Waals surface area contributed by atoms with Gasteiger partial charge in [-0.25, -0.2) is 9.67 Å². The molecule has 102 valence electrons. The van der Waals surface area contributed by atoms with Gasteiger partial charge in [-0.15, -0.1) is 0 Å². The van der Waals surface area contributed by atoms with E-state index in [0.717, 1.165) is 37.3 Å². The molecule has 1 heterocycles. The summed E-state index contributed by atoms with van der Waals surface area (Å²) in [6.45, 7) is 5.70. The number of nitrogens with zero attached hydrogens (tertiary/aromatic N) is 4. The van der Waals surface area contributed by atoms with Crippen LogP contribution in [0.4, 0.5) is 0 Å². The van der Waals surface area contributed by atoms with E-state index in [9.17, 15) is 0 Å². The third kappa shape index (κ3) is 4.14. The summed E-state index contributed by atoms with van der Waals surface area (Å²) in [6, 6.07) is 10.5. The SMILES string of the molecule is CCn1ncnc1CN(CCBr)Cc1ccccc1. The first-order valence-electron chi connectivity index (χ1n) is 6.52. The number of halogens is 1. The van der Waals surface area contributed by atoms with Crippen molar-refractivity contribution in [2.24, 2.45) is 0 Å². The Hall–Kier alpha value is -1.20. The first kappa shape index (κ1) is 14.2. The molecule has 0 bridgehead atoms. The molecule has 0 aliphatic heterocycles. The molecule has 1 aromatic heterocycles. The van der Waals surface area contributed by atoms with Crippen LogP contribution in [0.1, 0.15) is 18.3 Å². The molecule has 1 aromatic carbocycles. The first-order chi connectivity index (χ1) is 9.33. The summed E-state index contributed by atoms with van der Waals surface area (Å²) in [4.78, 5) is 6.72. The highest BCUT2D eigenvalue weighted by atomic mass is 79.9. The highest BCUT2D eigenvalue weighted by Gasteiger charge is 2.10. The molecule has 0 unspecified atom stereocenters. The third-order valence-corrected chi connectivity index (χ3v) is 3.36. The molecule has 5 heteroatoms. The number of hydrogen-bond acceptors (Lipinski definition) is 3. The van der Waals surface area contributed by atoms with Crippen LogP contribution >= 0.6 is 15.9 Å².